The molecule has 6 heteroatoms. The van der Waals surface area contributed by atoms with Crippen LogP contribution in [0, 0.1) is 26.7 Å². The van der Waals surface area contributed by atoms with E-state index in [-0.39, 0.29) is 24.6 Å². The van der Waals surface area contributed by atoms with E-state index in [1.807, 2.05) is 53.7 Å². The third-order valence-corrected chi connectivity index (χ3v) is 5.20. The van der Waals surface area contributed by atoms with Crippen molar-refractivity contribution >= 4 is 17.4 Å². The number of esters is 1. The minimum Gasteiger partial charge on any atom is -0.427 e. The number of amides is 1. The van der Waals surface area contributed by atoms with Crippen LogP contribution in [-0.4, -0.2) is 35.9 Å². The topological polar surface area (TPSA) is 65.1 Å². The summed E-state index contributed by atoms with van der Waals surface area (Å²) in [5.41, 5.74) is 3.30. The molecular weight excluding hydrogens is 358 g/mol. The van der Waals surface area contributed by atoms with Crippen LogP contribution >= 0.6 is 0 Å². The van der Waals surface area contributed by atoms with Gasteiger partial charge in [0.2, 0.25) is 0 Å². The van der Waals surface area contributed by atoms with Gasteiger partial charge in [-0.15, -0.1) is 0 Å². The number of hydrogen-bond acceptors (Lipinski definition) is 5. The number of hydrogen-bond donors (Lipinski definition) is 0. The molecule has 0 radical (unpaired) electrons. The zero-order valence-electron chi connectivity index (χ0n) is 17.5. The first-order chi connectivity index (χ1) is 13.2. The number of nitrogens with zero attached hydrogens (tertiary/aromatic N) is 1. The second kappa shape index (κ2) is 7.68. The highest BCUT2D eigenvalue weighted by atomic mass is 16.8. The molecule has 3 rings (SSSR count). The maximum Gasteiger partial charge on any atom is 0.314 e. The van der Waals surface area contributed by atoms with Crippen molar-refractivity contribution in [2.24, 2.45) is 5.92 Å². The quantitative estimate of drug-likeness (QED) is 0.404. The standard InChI is InChI=1S/C22H29NO5/c1-7-26-12-27-23-20(24)18(17-14(3)10-13(2)11-15(17)4)19(22(23,5)6)28-21(25)16-8-9-16/h10-11,16H,7-9,12H2,1-6H3. The number of hydroxylamine groups is 2. The minimum absolute atomic E-state index is 0.0470. The van der Waals surface area contributed by atoms with Gasteiger partial charge in [-0.05, 0) is 71.1 Å². The first-order valence-corrected chi connectivity index (χ1v) is 9.78. The van der Waals surface area contributed by atoms with Crippen LogP contribution in [0.15, 0.2) is 17.9 Å². The maximum absolute atomic E-state index is 13.4. The Morgan fingerprint density at radius 1 is 1.18 bits per heavy atom. The number of ether oxygens (including phenoxy) is 2. The summed E-state index contributed by atoms with van der Waals surface area (Å²) in [6.45, 7) is 11.9. The van der Waals surface area contributed by atoms with Gasteiger partial charge in [0, 0.05) is 6.61 Å². The van der Waals surface area contributed by atoms with E-state index >= 15 is 0 Å². The summed E-state index contributed by atoms with van der Waals surface area (Å²) in [5.74, 6) is -0.319. The molecule has 1 amide bonds. The largest absolute Gasteiger partial charge is 0.427 e. The molecule has 1 aliphatic heterocycles. The summed E-state index contributed by atoms with van der Waals surface area (Å²) >= 11 is 0. The Hall–Kier alpha value is -2.18. The molecule has 0 spiro atoms. The summed E-state index contributed by atoms with van der Waals surface area (Å²) in [6.07, 6.45) is 1.67. The van der Waals surface area contributed by atoms with Crippen LogP contribution in [0.5, 0.6) is 0 Å². The van der Waals surface area contributed by atoms with E-state index in [4.69, 9.17) is 14.3 Å². The molecule has 0 N–H and O–H groups in total. The molecule has 0 atom stereocenters. The molecule has 2 aliphatic rings. The van der Waals surface area contributed by atoms with Crippen molar-refractivity contribution in [1.82, 2.24) is 5.06 Å². The highest BCUT2D eigenvalue weighted by molar-refractivity contribution is 6.23. The lowest BCUT2D eigenvalue weighted by Gasteiger charge is -2.31. The molecule has 1 aromatic rings. The molecule has 1 saturated carbocycles. The van der Waals surface area contributed by atoms with Gasteiger partial charge < -0.3 is 9.47 Å². The Labute approximate surface area is 166 Å². The van der Waals surface area contributed by atoms with Crippen LogP contribution < -0.4 is 0 Å². The monoisotopic (exact) mass is 387 g/mol. The first-order valence-electron chi connectivity index (χ1n) is 9.78. The number of carbonyl (C=O) groups is 2. The van der Waals surface area contributed by atoms with Crippen LogP contribution in [0.3, 0.4) is 0 Å². The molecular formula is C22H29NO5. The third-order valence-electron chi connectivity index (χ3n) is 5.20. The van der Waals surface area contributed by atoms with Crippen molar-refractivity contribution in [3.63, 3.8) is 0 Å². The SMILES string of the molecule is CCOCON1C(=O)C(c2c(C)cc(C)cc2C)=C(OC(=O)C2CC2)C1(C)C. The van der Waals surface area contributed by atoms with Gasteiger partial charge in [0.05, 0.1) is 11.5 Å². The van der Waals surface area contributed by atoms with E-state index in [9.17, 15) is 9.59 Å². The molecule has 0 saturated heterocycles. The van der Waals surface area contributed by atoms with Crippen LogP contribution in [0.1, 0.15) is 55.9 Å². The fraction of sp³-hybridized carbons (Fsp3) is 0.545. The zero-order chi connectivity index (χ0) is 20.6. The van der Waals surface area contributed by atoms with Gasteiger partial charge in [-0.3, -0.25) is 9.59 Å². The van der Waals surface area contributed by atoms with Crippen molar-refractivity contribution in [2.75, 3.05) is 13.4 Å². The normalized spacial score (nSPS) is 18.8. The molecule has 1 aliphatic carbocycles. The lowest BCUT2D eigenvalue weighted by atomic mass is 9.91. The third kappa shape index (κ3) is 3.71. The molecule has 152 valence electrons. The molecule has 0 unspecified atom stereocenters. The molecule has 1 aromatic carbocycles. The van der Waals surface area contributed by atoms with Gasteiger partial charge in [0.1, 0.15) is 11.3 Å². The summed E-state index contributed by atoms with van der Waals surface area (Å²) < 4.78 is 11.1. The van der Waals surface area contributed by atoms with E-state index in [2.05, 4.69) is 0 Å². The van der Waals surface area contributed by atoms with Gasteiger partial charge in [0.25, 0.3) is 5.91 Å². The van der Waals surface area contributed by atoms with Crippen molar-refractivity contribution in [3.8, 4) is 0 Å². The molecule has 6 nitrogen and oxygen atoms in total. The van der Waals surface area contributed by atoms with Crippen molar-refractivity contribution in [3.05, 3.63) is 40.1 Å². The number of aryl methyl sites for hydroxylation is 3. The Kier molecular flexibility index (Phi) is 5.64. The van der Waals surface area contributed by atoms with E-state index in [1.165, 1.54) is 5.06 Å². The average Bonchev–Trinajstić information content (AvgIpc) is 3.41. The molecule has 28 heavy (non-hydrogen) atoms. The van der Waals surface area contributed by atoms with Gasteiger partial charge in [-0.1, -0.05) is 17.7 Å². The summed E-state index contributed by atoms with van der Waals surface area (Å²) in [4.78, 5) is 31.5. The average molecular weight is 387 g/mol. The van der Waals surface area contributed by atoms with Gasteiger partial charge in [-0.2, -0.15) is 0 Å². The molecule has 0 bridgehead atoms. The summed E-state index contributed by atoms with van der Waals surface area (Å²) in [7, 11) is 0. The van der Waals surface area contributed by atoms with Crippen LogP contribution in [0.25, 0.3) is 5.57 Å². The molecule has 1 fully saturated rings. The van der Waals surface area contributed by atoms with Crippen LogP contribution in [-0.2, 0) is 23.9 Å². The lowest BCUT2D eigenvalue weighted by Crippen LogP contribution is -2.44. The van der Waals surface area contributed by atoms with Crippen LogP contribution in [0.4, 0.5) is 0 Å². The number of rotatable bonds is 7. The fourth-order valence-corrected chi connectivity index (χ4v) is 3.72. The van der Waals surface area contributed by atoms with Crippen molar-refractivity contribution < 1.29 is 23.9 Å². The van der Waals surface area contributed by atoms with Gasteiger partial charge in [0.15, 0.2) is 6.79 Å². The Bertz CT molecular complexity index is 812. The predicted molar refractivity (Wildman–Crippen MR) is 105 cm³/mol. The minimum atomic E-state index is -0.933. The smallest absolute Gasteiger partial charge is 0.314 e. The van der Waals surface area contributed by atoms with Gasteiger partial charge in [-0.25, -0.2) is 9.90 Å². The van der Waals surface area contributed by atoms with Crippen LogP contribution in [0.2, 0.25) is 0 Å². The fourth-order valence-electron chi connectivity index (χ4n) is 3.72. The Morgan fingerprint density at radius 2 is 1.79 bits per heavy atom. The Balaban J connectivity index is 2.09. The summed E-state index contributed by atoms with van der Waals surface area (Å²) in [6, 6.07) is 4.05. The number of carbonyl (C=O) groups excluding carboxylic acids is 2. The maximum atomic E-state index is 13.4. The van der Waals surface area contributed by atoms with E-state index < -0.39 is 5.54 Å². The summed E-state index contributed by atoms with van der Waals surface area (Å²) in [5, 5.41) is 1.27. The highest BCUT2D eigenvalue weighted by Crippen LogP contribution is 2.44. The number of benzene rings is 1. The van der Waals surface area contributed by atoms with Crippen molar-refractivity contribution in [1.29, 1.82) is 0 Å². The lowest BCUT2D eigenvalue weighted by molar-refractivity contribution is -0.243. The second-order valence-corrected chi connectivity index (χ2v) is 8.07. The Morgan fingerprint density at radius 3 is 2.32 bits per heavy atom. The first kappa shape index (κ1) is 20.6. The van der Waals surface area contributed by atoms with E-state index in [0.29, 0.717) is 17.9 Å². The highest BCUT2D eigenvalue weighted by Gasteiger charge is 2.51. The van der Waals surface area contributed by atoms with Crippen molar-refractivity contribution in [2.45, 2.75) is 59.9 Å². The van der Waals surface area contributed by atoms with E-state index in [0.717, 1.165) is 35.1 Å². The molecule has 0 aromatic heterocycles. The van der Waals surface area contributed by atoms with E-state index in [1.54, 1.807) is 0 Å². The predicted octanol–water partition coefficient (Wildman–Crippen LogP) is 3.82. The second-order valence-electron chi connectivity index (χ2n) is 8.07. The molecule has 1 heterocycles. The zero-order valence-corrected chi connectivity index (χ0v) is 17.5. The van der Waals surface area contributed by atoms with Gasteiger partial charge >= 0.3 is 5.97 Å².